The van der Waals surface area contributed by atoms with Gasteiger partial charge in [-0.3, -0.25) is 0 Å². The smallest absolute Gasteiger partial charge is 0.395 e. The highest BCUT2D eigenvalue weighted by molar-refractivity contribution is 7.99. The van der Waals surface area contributed by atoms with Crippen LogP contribution < -0.4 is 5.32 Å². The third-order valence-electron chi connectivity index (χ3n) is 3.05. The first-order valence-electron chi connectivity index (χ1n) is 6.52. The fourth-order valence-electron chi connectivity index (χ4n) is 1.75. The van der Waals surface area contributed by atoms with Gasteiger partial charge in [-0.15, -0.1) is 11.8 Å². The maximum absolute atomic E-state index is 12.4. The van der Waals surface area contributed by atoms with Crippen molar-refractivity contribution in [1.82, 2.24) is 10.3 Å². The monoisotopic (exact) mass is 306 g/mol. The number of halogens is 3. The average Bonchev–Trinajstić information content (AvgIpc) is 3.21. The lowest BCUT2D eigenvalue weighted by Crippen LogP contribution is -2.34. The van der Waals surface area contributed by atoms with Crippen LogP contribution in [-0.4, -0.2) is 34.5 Å². The van der Waals surface area contributed by atoms with Crippen LogP contribution in [0.4, 0.5) is 13.2 Å². The summed E-state index contributed by atoms with van der Waals surface area (Å²) in [5.41, 5.74) is -0.731. The van der Waals surface area contributed by atoms with E-state index in [1.807, 2.05) is 0 Å². The minimum absolute atomic E-state index is 0.0597. The van der Waals surface area contributed by atoms with Crippen LogP contribution in [0.5, 0.6) is 0 Å². The van der Waals surface area contributed by atoms with E-state index in [0.717, 1.165) is 31.5 Å². The highest BCUT2D eigenvalue weighted by atomic mass is 32.2. The van der Waals surface area contributed by atoms with Gasteiger partial charge in [0.25, 0.3) is 0 Å². The van der Waals surface area contributed by atoms with Crippen molar-refractivity contribution < 1.29 is 18.3 Å². The molecular weight excluding hydrogens is 289 g/mol. The summed E-state index contributed by atoms with van der Waals surface area (Å²) in [6, 6.07) is 3.02. The van der Waals surface area contributed by atoms with Gasteiger partial charge < -0.3 is 10.4 Å². The number of hydrogen-bond donors (Lipinski definition) is 2. The van der Waals surface area contributed by atoms with Crippen LogP contribution in [0.2, 0.25) is 0 Å². The fourth-order valence-corrected chi connectivity index (χ4v) is 2.65. The van der Waals surface area contributed by atoms with E-state index in [4.69, 9.17) is 0 Å². The summed E-state index contributed by atoms with van der Waals surface area (Å²) in [5, 5.41) is 13.1. The minimum atomic E-state index is -4.34. The molecule has 1 saturated carbocycles. The van der Waals surface area contributed by atoms with E-state index in [1.54, 1.807) is 0 Å². The van der Waals surface area contributed by atoms with Crippen LogP contribution in [0.25, 0.3) is 0 Å². The van der Waals surface area contributed by atoms with Crippen molar-refractivity contribution >= 4 is 11.8 Å². The first-order chi connectivity index (χ1) is 9.49. The molecule has 1 aromatic rings. The predicted molar refractivity (Wildman–Crippen MR) is 71.6 cm³/mol. The molecule has 0 saturated heterocycles. The maximum Gasteiger partial charge on any atom is 0.417 e. The molecule has 1 fully saturated rings. The number of nitrogens with zero attached hydrogens (tertiary/aromatic N) is 1. The Hall–Kier alpha value is -0.790. The Labute approximate surface area is 120 Å². The molecule has 7 heteroatoms. The van der Waals surface area contributed by atoms with Crippen molar-refractivity contribution in [2.75, 3.05) is 12.4 Å². The lowest BCUT2D eigenvalue weighted by Gasteiger charge is -2.15. The van der Waals surface area contributed by atoms with Gasteiger partial charge in [0.1, 0.15) is 0 Å². The SMILES string of the molecule is OCC(CCSc1ccc(C(F)(F)F)cn1)NC1CC1. The van der Waals surface area contributed by atoms with Crippen molar-refractivity contribution in [3.63, 3.8) is 0 Å². The second-order valence-electron chi connectivity index (χ2n) is 4.84. The van der Waals surface area contributed by atoms with Gasteiger partial charge in [-0.2, -0.15) is 13.2 Å². The Balaban J connectivity index is 1.75. The van der Waals surface area contributed by atoms with Crippen molar-refractivity contribution in [3.8, 4) is 0 Å². The van der Waals surface area contributed by atoms with E-state index in [1.165, 1.54) is 17.8 Å². The van der Waals surface area contributed by atoms with Gasteiger partial charge in [0.2, 0.25) is 0 Å². The lowest BCUT2D eigenvalue weighted by atomic mass is 10.2. The second-order valence-corrected chi connectivity index (χ2v) is 5.96. The third kappa shape index (κ3) is 4.96. The Morgan fingerprint density at radius 3 is 2.65 bits per heavy atom. The van der Waals surface area contributed by atoms with E-state index in [9.17, 15) is 18.3 Å². The molecule has 0 aromatic carbocycles. The molecule has 1 atom stereocenters. The van der Waals surface area contributed by atoms with Crippen molar-refractivity contribution in [3.05, 3.63) is 23.9 Å². The Kier molecular flexibility index (Phi) is 5.29. The summed E-state index contributed by atoms with van der Waals surface area (Å²) >= 11 is 1.40. The summed E-state index contributed by atoms with van der Waals surface area (Å²) in [4.78, 5) is 3.80. The largest absolute Gasteiger partial charge is 0.417 e. The maximum atomic E-state index is 12.4. The van der Waals surface area contributed by atoms with Crippen molar-refractivity contribution in [2.45, 2.75) is 42.5 Å². The molecule has 0 aliphatic heterocycles. The molecular formula is C13H17F3N2OS. The molecule has 1 aromatic heterocycles. The fraction of sp³-hybridized carbons (Fsp3) is 0.615. The van der Waals surface area contributed by atoms with E-state index < -0.39 is 11.7 Å². The number of hydrogen-bond acceptors (Lipinski definition) is 4. The quantitative estimate of drug-likeness (QED) is 0.760. The van der Waals surface area contributed by atoms with Gasteiger partial charge in [-0.05, 0) is 31.4 Å². The Morgan fingerprint density at radius 1 is 1.40 bits per heavy atom. The first-order valence-corrected chi connectivity index (χ1v) is 7.50. The number of thioether (sulfide) groups is 1. The Bertz CT molecular complexity index is 421. The molecule has 2 N–H and O–H groups in total. The highest BCUT2D eigenvalue weighted by Gasteiger charge is 2.30. The van der Waals surface area contributed by atoms with Crippen LogP contribution >= 0.6 is 11.8 Å². The zero-order valence-electron chi connectivity index (χ0n) is 10.9. The molecule has 0 spiro atoms. The molecule has 1 aliphatic carbocycles. The molecule has 3 nitrogen and oxygen atoms in total. The van der Waals surface area contributed by atoms with E-state index in [0.29, 0.717) is 16.8 Å². The number of nitrogens with one attached hydrogen (secondary N) is 1. The molecule has 1 aliphatic rings. The van der Waals surface area contributed by atoms with Crippen LogP contribution in [0.1, 0.15) is 24.8 Å². The van der Waals surface area contributed by atoms with Gasteiger partial charge in [0, 0.05) is 24.0 Å². The van der Waals surface area contributed by atoms with Gasteiger partial charge in [0.05, 0.1) is 17.2 Å². The highest BCUT2D eigenvalue weighted by Crippen LogP contribution is 2.29. The molecule has 2 rings (SSSR count). The summed E-state index contributed by atoms with van der Waals surface area (Å²) in [5.74, 6) is 0.712. The van der Waals surface area contributed by atoms with Gasteiger partial charge in [0.15, 0.2) is 0 Å². The van der Waals surface area contributed by atoms with Gasteiger partial charge in [-0.1, -0.05) is 0 Å². The second kappa shape index (κ2) is 6.78. The van der Waals surface area contributed by atoms with E-state index in [2.05, 4.69) is 10.3 Å². The summed E-state index contributed by atoms with van der Waals surface area (Å²) in [7, 11) is 0. The topological polar surface area (TPSA) is 45.2 Å². The van der Waals surface area contributed by atoms with Crippen LogP contribution in [0.3, 0.4) is 0 Å². The standard InChI is InChI=1S/C13H17F3N2OS/c14-13(15,16)9-1-4-12(17-7-9)20-6-5-11(8-19)18-10-2-3-10/h1,4,7,10-11,18-19H,2-3,5-6,8H2. The zero-order chi connectivity index (χ0) is 14.6. The number of alkyl halides is 3. The third-order valence-corrected chi connectivity index (χ3v) is 4.03. The Morgan fingerprint density at radius 2 is 2.15 bits per heavy atom. The number of pyridine rings is 1. The van der Waals surface area contributed by atoms with Crippen molar-refractivity contribution in [1.29, 1.82) is 0 Å². The molecule has 0 radical (unpaired) electrons. The lowest BCUT2D eigenvalue weighted by molar-refractivity contribution is -0.137. The van der Waals surface area contributed by atoms with Crippen molar-refractivity contribution in [2.24, 2.45) is 0 Å². The molecule has 20 heavy (non-hydrogen) atoms. The van der Waals surface area contributed by atoms with Crippen LogP contribution in [0.15, 0.2) is 23.4 Å². The van der Waals surface area contributed by atoms with Crippen LogP contribution in [-0.2, 0) is 6.18 Å². The molecule has 0 amide bonds. The molecule has 1 heterocycles. The van der Waals surface area contributed by atoms with Crippen LogP contribution in [0, 0.1) is 0 Å². The summed E-state index contributed by atoms with van der Waals surface area (Å²) in [6.07, 6.45) is -0.407. The number of aliphatic hydroxyl groups excluding tert-OH is 1. The van der Waals surface area contributed by atoms with Gasteiger partial charge in [-0.25, -0.2) is 4.98 Å². The summed E-state index contributed by atoms with van der Waals surface area (Å²) in [6.45, 7) is 0.0809. The predicted octanol–water partition coefficient (Wildman–Crippen LogP) is 2.70. The van der Waals surface area contributed by atoms with E-state index >= 15 is 0 Å². The van der Waals surface area contributed by atoms with Gasteiger partial charge >= 0.3 is 6.18 Å². The zero-order valence-corrected chi connectivity index (χ0v) is 11.7. The number of aromatic nitrogens is 1. The first kappa shape index (κ1) is 15.6. The molecule has 0 bridgehead atoms. The number of aliphatic hydroxyl groups is 1. The summed E-state index contributed by atoms with van der Waals surface area (Å²) < 4.78 is 37.1. The van der Waals surface area contributed by atoms with E-state index in [-0.39, 0.29) is 12.6 Å². The normalized spacial score (nSPS) is 17.2. The molecule has 112 valence electrons. The molecule has 1 unspecified atom stereocenters. The minimum Gasteiger partial charge on any atom is -0.395 e. The average molecular weight is 306 g/mol. The number of rotatable bonds is 7.